The minimum atomic E-state index is -1.04. The van der Waals surface area contributed by atoms with Crippen molar-refractivity contribution >= 4 is 11.9 Å². The van der Waals surface area contributed by atoms with E-state index in [0.29, 0.717) is 11.1 Å². The molecule has 1 aliphatic carbocycles. The van der Waals surface area contributed by atoms with Crippen LogP contribution in [0.3, 0.4) is 0 Å². The number of hydrogen-bond acceptors (Lipinski definition) is 3. The van der Waals surface area contributed by atoms with Crippen molar-refractivity contribution in [3.05, 3.63) is 58.8 Å². The monoisotopic (exact) mass is 345 g/mol. The van der Waals surface area contributed by atoms with Gasteiger partial charge in [0.25, 0.3) is 5.91 Å². The van der Waals surface area contributed by atoms with E-state index < -0.39 is 5.97 Å². The lowest BCUT2D eigenvalue weighted by Gasteiger charge is -2.14. The van der Waals surface area contributed by atoms with Gasteiger partial charge in [0.05, 0.1) is 11.8 Å². The zero-order valence-electron chi connectivity index (χ0n) is 13.9. The number of halogens is 1. The molecule has 132 valence electrons. The molecule has 5 nitrogen and oxygen atoms in total. The summed E-state index contributed by atoms with van der Waals surface area (Å²) in [5.74, 6) is -1.13. The Morgan fingerprint density at radius 3 is 2.68 bits per heavy atom. The Balaban J connectivity index is 1.65. The molecule has 2 unspecified atom stereocenters. The third-order valence-electron chi connectivity index (χ3n) is 4.70. The fourth-order valence-electron chi connectivity index (χ4n) is 3.48. The van der Waals surface area contributed by atoms with E-state index in [9.17, 15) is 14.0 Å². The van der Waals surface area contributed by atoms with Crippen molar-refractivity contribution in [2.24, 2.45) is 0 Å². The number of rotatable bonds is 5. The topological polar surface area (TPSA) is 79.5 Å². The average molecular weight is 345 g/mol. The average Bonchev–Trinajstić information content (AvgIpc) is 3.14. The predicted molar refractivity (Wildman–Crippen MR) is 89.0 cm³/mol. The van der Waals surface area contributed by atoms with E-state index in [2.05, 4.69) is 5.32 Å². The Morgan fingerprint density at radius 1 is 1.28 bits per heavy atom. The number of benzene rings is 1. The van der Waals surface area contributed by atoms with Crippen LogP contribution < -0.4 is 5.32 Å². The van der Waals surface area contributed by atoms with Crippen LogP contribution in [0.1, 0.15) is 52.4 Å². The number of carbonyl (C=O) groups excluding carboxylic acids is 1. The zero-order chi connectivity index (χ0) is 18.0. The van der Waals surface area contributed by atoms with Crippen LogP contribution in [0.5, 0.6) is 0 Å². The SMILES string of the molecule is Cc1coc(CC(=O)O)c1C(=O)NC1CCC(c2ccc(F)cc2)C1. The van der Waals surface area contributed by atoms with Crippen LogP contribution in [-0.4, -0.2) is 23.0 Å². The molecule has 0 bridgehead atoms. The lowest BCUT2D eigenvalue weighted by atomic mass is 9.97. The molecule has 1 heterocycles. The molecule has 0 aliphatic heterocycles. The molecule has 1 saturated carbocycles. The first-order valence-corrected chi connectivity index (χ1v) is 8.29. The van der Waals surface area contributed by atoms with Crippen molar-refractivity contribution in [3.8, 4) is 0 Å². The highest BCUT2D eigenvalue weighted by atomic mass is 19.1. The van der Waals surface area contributed by atoms with Gasteiger partial charge >= 0.3 is 5.97 Å². The molecular weight excluding hydrogens is 325 g/mol. The van der Waals surface area contributed by atoms with E-state index in [0.717, 1.165) is 24.8 Å². The highest BCUT2D eigenvalue weighted by Crippen LogP contribution is 2.34. The molecule has 2 aromatic rings. The van der Waals surface area contributed by atoms with Crippen LogP contribution >= 0.6 is 0 Å². The smallest absolute Gasteiger partial charge is 0.311 e. The Kier molecular flexibility index (Phi) is 4.88. The molecule has 0 saturated heterocycles. The highest BCUT2D eigenvalue weighted by Gasteiger charge is 2.29. The lowest BCUT2D eigenvalue weighted by molar-refractivity contribution is -0.136. The van der Waals surface area contributed by atoms with Gasteiger partial charge in [-0.05, 0) is 49.8 Å². The number of nitrogens with one attached hydrogen (secondary N) is 1. The van der Waals surface area contributed by atoms with Crippen LogP contribution in [0.15, 0.2) is 34.9 Å². The summed E-state index contributed by atoms with van der Waals surface area (Å²) in [5, 5.41) is 11.9. The van der Waals surface area contributed by atoms with Crippen LogP contribution in [0, 0.1) is 12.7 Å². The lowest BCUT2D eigenvalue weighted by Crippen LogP contribution is -2.33. The summed E-state index contributed by atoms with van der Waals surface area (Å²) >= 11 is 0. The number of hydrogen-bond donors (Lipinski definition) is 2. The maximum Gasteiger partial charge on any atom is 0.311 e. The molecule has 1 fully saturated rings. The summed E-state index contributed by atoms with van der Waals surface area (Å²) in [4.78, 5) is 23.5. The van der Waals surface area contributed by atoms with E-state index >= 15 is 0 Å². The first kappa shape index (κ1) is 17.2. The van der Waals surface area contributed by atoms with Crippen LogP contribution in [0.25, 0.3) is 0 Å². The van der Waals surface area contributed by atoms with Gasteiger partial charge in [-0.3, -0.25) is 9.59 Å². The number of carboxylic acid groups (broad SMARTS) is 1. The number of carbonyl (C=O) groups is 2. The molecule has 25 heavy (non-hydrogen) atoms. The summed E-state index contributed by atoms with van der Waals surface area (Å²) in [7, 11) is 0. The number of furan rings is 1. The van der Waals surface area contributed by atoms with Gasteiger partial charge in [-0.25, -0.2) is 4.39 Å². The van der Waals surface area contributed by atoms with Gasteiger partial charge in [0.2, 0.25) is 0 Å². The number of aryl methyl sites for hydroxylation is 1. The summed E-state index contributed by atoms with van der Waals surface area (Å²) in [6.07, 6.45) is 3.62. The van der Waals surface area contributed by atoms with E-state index in [1.807, 2.05) is 0 Å². The van der Waals surface area contributed by atoms with E-state index in [4.69, 9.17) is 9.52 Å². The second-order valence-electron chi connectivity index (χ2n) is 6.52. The number of amides is 1. The van der Waals surface area contributed by atoms with Crippen LogP contribution in [-0.2, 0) is 11.2 Å². The Morgan fingerprint density at radius 2 is 2.00 bits per heavy atom. The minimum Gasteiger partial charge on any atom is -0.481 e. The van der Waals surface area contributed by atoms with Gasteiger partial charge in [-0.2, -0.15) is 0 Å². The summed E-state index contributed by atoms with van der Waals surface area (Å²) in [5.41, 5.74) is 2.01. The first-order chi connectivity index (χ1) is 11.9. The van der Waals surface area contributed by atoms with Crippen LogP contribution in [0.4, 0.5) is 4.39 Å². The Bertz CT molecular complexity index is 781. The molecule has 0 radical (unpaired) electrons. The fourth-order valence-corrected chi connectivity index (χ4v) is 3.48. The molecule has 1 aromatic heterocycles. The van der Waals surface area contributed by atoms with Crippen molar-refractivity contribution in [2.45, 2.75) is 44.6 Å². The van der Waals surface area contributed by atoms with Gasteiger partial charge in [0.1, 0.15) is 18.0 Å². The molecular formula is C19H20FNO4. The fraction of sp³-hybridized carbons (Fsp3) is 0.368. The summed E-state index contributed by atoms with van der Waals surface area (Å²) in [6, 6.07) is 6.49. The molecule has 1 aromatic carbocycles. The molecule has 2 atom stereocenters. The Labute approximate surface area is 144 Å². The molecule has 6 heteroatoms. The molecule has 1 aliphatic rings. The van der Waals surface area contributed by atoms with Crippen molar-refractivity contribution in [2.75, 3.05) is 0 Å². The van der Waals surface area contributed by atoms with Gasteiger partial charge in [-0.1, -0.05) is 12.1 Å². The van der Waals surface area contributed by atoms with Crippen molar-refractivity contribution in [1.29, 1.82) is 0 Å². The van der Waals surface area contributed by atoms with Crippen molar-refractivity contribution in [1.82, 2.24) is 5.32 Å². The van der Waals surface area contributed by atoms with Crippen molar-refractivity contribution in [3.63, 3.8) is 0 Å². The summed E-state index contributed by atoms with van der Waals surface area (Å²) < 4.78 is 18.3. The highest BCUT2D eigenvalue weighted by molar-refractivity contribution is 5.97. The van der Waals surface area contributed by atoms with E-state index in [-0.39, 0.29) is 35.9 Å². The number of carboxylic acids is 1. The normalized spacial score (nSPS) is 19.8. The third-order valence-corrected chi connectivity index (χ3v) is 4.70. The summed E-state index contributed by atoms with van der Waals surface area (Å²) in [6.45, 7) is 1.72. The first-order valence-electron chi connectivity index (χ1n) is 8.29. The molecule has 3 rings (SSSR count). The van der Waals surface area contributed by atoms with Gasteiger partial charge in [-0.15, -0.1) is 0 Å². The molecule has 1 amide bonds. The zero-order valence-corrected chi connectivity index (χ0v) is 13.9. The van der Waals surface area contributed by atoms with Gasteiger partial charge in [0, 0.05) is 11.6 Å². The molecule has 2 N–H and O–H groups in total. The second kappa shape index (κ2) is 7.09. The number of aliphatic carboxylic acids is 1. The third kappa shape index (κ3) is 3.90. The Hall–Kier alpha value is -2.63. The second-order valence-corrected chi connectivity index (χ2v) is 6.52. The van der Waals surface area contributed by atoms with E-state index in [1.54, 1.807) is 19.1 Å². The minimum absolute atomic E-state index is 0.00883. The van der Waals surface area contributed by atoms with Crippen LogP contribution in [0.2, 0.25) is 0 Å². The maximum absolute atomic E-state index is 13.0. The predicted octanol–water partition coefficient (Wildman–Crippen LogP) is 3.42. The maximum atomic E-state index is 13.0. The molecule has 0 spiro atoms. The quantitative estimate of drug-likeness (QED) is 0.870. The van der Waals surface area contributed by atoms with E-state index in [1.165, 1.54) is 18.4 Å². The van der Waals surface area contributed by atoms with Gasteiger partial charge < -0.3 is 14.8 Å². The van der Waals surface area contributed by atoms with Crippen molar-refractivity contribution < 1.29 is 23.5 Å². The largest absolute Gasteiger partial charge is 0.481 e. The van der Waals surface area contributed by atoms with Gasteiger partial charge in [0.15, 0.2) is 0 Å². The standard InChI is InChI=1S/C19H20FNO4/c1-11-10-25-16(9-17(22)23)18(11)19(24)21-15-7-4-13(8-15)12-2-5-14(20)6-3-12/h2-3,5-6,10,13,15H,4,7-9H2,1H3,(H,21,24)(H,22,23).